The molecule has 0 saturated carbocycles. The van der Waals surface area contributed by atoms with E-state index in [9.17, 15) is 9.18 Å². The van der Waals surface area contributed by atoms with Gasteiger partial charge in [-0.3, -0.25) is 10.1 Å². The molecule has 124 valence electrons. The van der Waals surface area contributed by atoms with Crippen LogP contribution in [0.25, 0.3) is 11.0 Å². The van der Waals surface area contributed by atoms with E-state index >= 15 is 0 Å². The van der Waals surface area contributed by atoms with Crippen molar-refractivity contribution in [1.82, 2.24) is 29.8 Å². The molecule has 24 heavy (non-hydrogen) atoms. The molecule has 1 atom stereocenters. The van der Waals surface area contributed by atoms with Gasteiger partial charge in [0.1, 0.15) is 5.82 Å². The molecule has 0 spiro atoms. The zero-order valence-electron chi connectivity index (χ0n) is 13.1. The molecule has 1 aliphatic heterocycles. The first kappa shape index (κ1) is 14.7. The molecule has 4 rings (SSSR count). The number of nitrogens with one attached hydrogen (secondary N) is 1. The highest BCUT2D eigenvalue weighted by Crippen LogP contribution is 2.22. The summed E-state index contributed by atoms with van der Waals surface area (Å²) >= 11 is 0. The van der Waals surface area contributed by atoms with Crippen molar-refractivity contribution in [1.29, 1.82) is 0 Å². The van der Waals surface area contributed by atoms with Crippen molar-refractivity contribution in [2.24, 2.45) is 13.0 Å². The van der Waals surface area contributed by atoms with E-state index in [1.165, 1.54) is 12.1 Å². The first-order valence-electron chi connectivity index (χ1n) is 7.79. The third-order valence-corrected chi connectivity index (χ3v) is 4.46. The Morgan fingerprint density at radius 2 is 2.25 bits per heavy atom. The third-order valence-electron chi connectivity index (χ3n) is 4.46. The summed E-state index contributed by atoms with van der Waals surface area (Å²) in [5.41, 5.74) is 1.28. The Bertz CT molecular complexity index is 893. The highest BCUT2D eigenvalue weighted by atomic mass is 19.1. The number of aryl methyl sites for hydroxylation is 3. The summed E-state index contributed by atoms with van der Waals surface area (Å²) in [6.07, 6.45) is 2.02. The van der Waals surface area contributed by atoms with Gasteiger partial charge < -0.3 is 4.57 Å². The minimum absolute atomic E-state index is 0.0902. The van der Waals surface area contributed by atoms with E-state index in [0.717, 1.165) is 5.82 Å². The largest absolute Gasteiger partial charge is 0.313 e. The maximum Gasteiger partial charge on any atom is 0.229 e. The summed E-state index contributed by atoms with van der Waals surface area (Å²) in [6.45, 7) is 0.619. The molecule has 2 aromatic heterocycles. The van der Waals surface area contributed by atoms with Crippen LogP contribution in [0.1, 0.15) is 18.7 Å². The number of imidazole rings is 1. The van der Waals surface area contributed by atoms with Crippen molar-refractivity contribution in [3.63, 3.8) is 0 Å². The average Bonchev–Trinajstić information content (AvgIpc) is 3.07. The highest BCUT2D eigenvalue weighted by molar-refractivity contribution is 5.93. The van der Waals surface area contributed by atoms with E-state index in [-0.39, 0.29) is 17.6 Å². The van der Waals surface area contributed by atoms with Crippen molar-refractivity contribution >= 4 is 22.9 Å². The smallest absolute Gasteiger partial charge is 0.229 e. The standard InChI is InChI=1S/C15H16FN7O/c1-22-12-8-10(16)3-4-11(12)17-15(22)18-14(24)9-2-5-13-19-20-21-23(13)7-6-9/h3-4,8-9H,2,5-7H2,1H3,(H,17,18,24). The minimum Gasteiger partial charge on any atom is -0.313 e. The predicted octanol–water partition coefficient (Wildman–Crippen LogP) is 1.29. The number of hydrogen-bond donors (Lipinski definition) is 1. The van der Waals surface area contributed by atoms with Crippen molar-refractivity contribution in [2.75, 3.05) is 5.32 Å². The van der Waals surface area contributed by atoms with Crippen LogP contribution in [0, 0.1) is 11.7 Å². The van der Waals surface area contributed by atoms with Gasteiger partial charge in [-0.1, -0.05) is 0 Å². The lowest BCUT2D eigenvalue weighted by atomic mass is 9.99. The van der Waals surface area contributed by atoms with E-state index < -0.39 is 0 Å². The molecule has 0 radical (unpaired) electrons. The van der Waals surface area contributed by atoms with Crippen LogP contribution in [0.15, 0.2) is 18.2 Å². The Balaban J connectivity index is 1.52. The van der Waals surface area contributed by atoms with Gasteiger partial charge in [0.25, 0.3) is 0 Å². The normalized spacial score (nSPS) is 17.5. The van der Waals surface area contributed by atoms with Gasteiger partial charge in [0, 0.05) is 25.9 Å². The number of benzene rings is 1. The van der Waals surface area contributed by atoms with E-state index in [1.807, 2.05) is 0 Å². The molecule has 0 saturated heterocycles. The van der Waals surface area contributed by atoms with E-state index in [0.29, 0.717) is 42.8 Å². The molecule has 1 N–H and O–H groups in total. The molecular formula is C15H16FN7O. The molecule has 1 unspecified atom stereocenters. The van der Waals surface area contributed by atoms with Crippen LogP contribution in [-0.2, 0) is 24.8 Å². The zero-order chi connectivity index (χ0) is 16.7. The van der Waals surface area contributed by atoms with E-state index in [1.54, 1.807) is 22.4 Å². The fourth-order valence-corrected chi connectivity index (χ4v) is 3.05. The van der Waals surface area contributed by atoms with Crippen LogP contribution >= 0.6 is 0 Å². The number of amides is 1. The second-order valence-corrected chi connectivity index (χ2v) is 5.96. The van der Waals surface area contributed by atoms with Gasteiger partial charge >= 0.3 is 0 Å². The monoisotopic (exact) mass is 329 g/mol. The number of nitrogens with zero attached hydrogens (tertiary/aromatic N) is 6. The summed E-state index contributed by atoms with van der Waals surface area (Å²) in [5, 5.41) is 14.4. The van der Waals surface area contributed by atoms with Crippen molar-refractivity contribution in [3.05, 3.63) is 29.8 Å². The van der Waals surface area contributed by atoms with Crippen molar-refractivity contribution in [2.45, 2.75) is 25.8 Å². The SMILES string of the molecule is Cn1c(NC(=O)C2CCc3nnnn3CC2)nc2ccc(F)cc21. The van der Waals surface area contributed by atoms with Crippen LogP contribution in [0.5, 0.6) is 0 Å². The fraction of sp³-hybridized carbons (Fsp3) is 0.400. The Morgan fingerprint density at radius 3 is 3.12 bits per heavy atom. The van der Waals surface area contributed by atoms with Gasteiger partial charge in [-0.15, -0.1) is 5.10 Å². The molecule has 3 heterocycles. The Hall–Kier alpha value is -2.84. The predicted molar refractivity (Wildman–Crippen MR) is 83.5 cm³/mol. The van der Waals surface area contributed by atoms with Crippen LogP contribution in [-0.4, -0.2) is 35.7 Å². The van der Waals surface area contributed by atoms with Crippen LogP contribution in [0.4, 0.5) is 10.3 Å². The number of carbonyl (C=O) groups is 1. The molecular weight excluding hydrogens is 313 g/mol. The summed E-state index contributed by atoms with van der Waals surface area (Å²) < 4.78 is 16.8. The lowest BCUT2D eigenvalue weighted by molar-refractivity contribution is -0.120. The molecule has 0 fully saturated rings. The van der Waals surface area contributed by atoms with Crippen molar-refractivity contribution in [3.8, 4) is 0 Å². The summed E-state index contributed by atoms with van der Waals surface area (Å²) in [6, 6.07) is 4.36. The molecule has 9 heteroatoms. The second kappa shape index (κ2) is 5.66. The molecule has 0 bridgehead atoms. The Labute approximate surface area is 136 Å². The molecule has 1 aliphatic rings. The van der Waals surface area contributed by atoms with E-state index in [2.05, 4.69) is 25.8 Å². The fourth-order valence-electron chi connectivity index (χ4n) is 3.05. The summed E-state index contributed by atoms with van der Waals surface area (Å²) in [4.78, 5) is 17.0. The van der Waals surface area contributed by atoms with Crippen molar-refractivity contribution < 1.29 is 9.18 Å². The maximum absolute atomic E-state index is 13.4. The quantitative estimate of drug-likeness (QED) is 0.765. The second-order valence-electron chi connectivity index (χ2n) is 5.96. The highest BCUT2D eigenvalue weighted by Gasteiger charge is 2.25. The van der Waals surface area contributed by atoms with Gasteiger partial charge in [-0.05, 0) is 41.5 Å². The first-order chi connectivity index (χ1) is 11.6. The minimum atomic E-state index is -0.331. The van der Waals surface area contributed by atoms with Crippen LogP contribution in [0.2, 0.25) is 0 Å². The molecule has 8 nitrogen and oxygen atoms in total. The number of carbonyl (C=O) groups excluding carboxylic acids is 1. The number of hydrogen-bond acceptors (Lipinski definition) is 5. The number of aromatic nitrogens is 6. The van der Waals surface area contributed by atoms with Gasteiger partial charge in [0.05, 0.1) is 11.0 Å². The van der Waals surface area contributed by atoms with Gasteiger partial charge in [-0.2, -0.15) is 0 Å². The summed E-state index contributed by atoms with van der Waals surface area (Å²) in [7, 11) is 1.75. The lowest BCUT2D eigenvalue weighted by Gasteiger charge is -2.13. The number of tetrazole rings is 1. The zero-order valence-corrected chi connectivity index (χ0v) is 13.1. The number of rotatable bonds is 2. The topological polar surface area (TPSA) is 90.5 Å². The van der Waals surface area contributed by atoms with Gasteiger partial charge in [0.15, 0.2) is 5.82 Å². The number of fused-ring (bicyclic) bond motifs is 2. The molecule has 1 amide bonds. The molecule has 1 aromatic carbocycles. The van der Waals surface area contributed by atoms with Gasteiger partial charge in [0.2, 0.25) is 11.9 Å². The maximum atomic E-state index is 13.4. The first-order valence-corrected chi connectivity index (χ1v) is 7.79. The lowest BCUT2D eigenvalue weighted by Crippen LogP contribution is -2.25. The third kappa shape index (κ3) is 2.51. The average molecular weight is 329 g/mol. The van der Waals surface area contributed by atoms with Gasteiger partial charge in [-0.25, -0.2) is 14.1 Å². The van der Waals surface area contributed by atoms with Crippen LogP contribution < -0.4 is 5.32 Å². The molecule has 3 aromatic rings. The van der Waals surface area contributed by atoms with E-state index in [4.69, 9.17) is 0 Å². The number of halogens is 1. The Kier molecular flexibility index (Phi) is 3.47. The molecule has 0 aliphatic carbocycles. The number of anilines is 1. The van der Waals surface area contributed by atoms with Crippen LogP contribution in [0.3, 0.4) is 0 Å². The summed E-state index contributed by atoms with van der Waals surface area (Å²) in [5.74, 6) is 0.659. The Morgan fingerprint density at radius 1 is 1.38 bits per heavy atom.